The van der Waals surface area contributed by atoms with Crippen LogP contribution in [0.25, 0.3) is 0 Å². The Kier molecular flexibility index (Phi) is 5.25. The van der Waals surface area contributed by atoms with E-state index in [0.29, 0.717) is 30.0 Å². The lowest BCUT2D eigenvalue weighted by Crippen LogP contribution is -2.42. The van der Waals surface area contributed by atoms with Crippen LogP contribution in [-0.4, -0.2) is 26.1 Å². The highest BCUT2D eigenvalue weighted by molar-refractivity contribution is 5.95. The van der Waals surface area contributed by atoms with Gasteiger partial charge in [0.05, 0.1) is 14.2 Å². The zero-order valence-corrected chi connectivity index (χ0v) is 12.8. The Morgan fingerprint density at radius 1 is 1.09 bits per heavy atom. The maximum Gasteiger partial charge on any atom is 0.228 e. The van der Waals surface area contributed by atoms with Crippen molar-refractivity contribution in [1.82, 2.24) is 0 Å². The van der Waals surface area contributed by atoms with Crippen LogP contribution >= 0.6 is 0 Å². The fourth-order valence-corrected chi connectivity index (χ4v) is 2.88. The van der Waals surface area contributed by atoms with Crippen molar-refractivity contribution in [2.45, 2.75) is 25.7 Å². The highest BCUT2D eigenvalue weighted by Gasteiger charge is 2.31. The van der Waals surface area contributed by atoms with Gasteiger partial charge < -0.3 is 24.7 Å². The van der Waals surface area contributed by atoms with Crippen LogP contribution in [0.4, 0.5) is 5.69 Å². The lowest BCUT2D eigenvalue weighted by molar-refractivity contribution is -0.313. The van der Waals surface area contributed by atoms with E-state index >= 15 is 0 Å². The van der Waals surface area contributed by atoms with E-state index in [4.69, 9.17) is 9.47 Å². The van der Waals surface area contributed by atoms with Crippen molar-refractivity contribution in [3.8, 4) is 11.5 Å². The zero-order chi connectivity index (χ0) is 16.1. The zero-order valence-electron chi connectivity index (χ0n) is 12.8. The van der Waals surface area contributed by atoms with Gasteiger partial charge in [-0.05, 0) is 25.0 Å². The quantitative estimate of drug-likeness (QED) is 0.883. The van der Waals surface area contributed by atoms with Gasteiger partial charge in [-0.2, -0.15) is 0 Å². The van der Waals surface area contributed by atoms with E-state index in [1.54, 1.807) is 18.2 Å². The molecular weight excluding hydrogens is 286 g/mol. The van der Waals surface area contributed by atoms with Gasteiger partial charge in [-0.15, -0.1) is 0 Å². The van der Waals surface area contributed by atoms with Crippen molar-refractivity contribution in [3.05, 3.63) is 18.2 Å². The summed E-state index contributed by atoms with van der Waals surface area (Å²) >= 11 is 0. The van der Waals surface area contributed by atoms with Crippen molar-refractivity contribution in [2.75, 3.05) is 19.5 Å². The Morgan fingerprint density at radius 2 is 1.73 bits per heavy atom. The van der Waals surface area contributed by atoms with Crippen LogP contribution in [0.5, 0.6) is 11.5 Å². The third-order valence-electron chi connectivity index (χ3n) is 4.06. The number of anilines is 1. The van der Waals surface area contributed by atoms with Gasteiger partial charge in [0, 0.05) is 29.6 Å². The topological polar surface area (TPSA) is 87.7 Å². The van der Waals surface area contributed by atoms with Crippen LogP contribution in [0, 0.1) is 11.8 Å². The molecule has 1 aromatic carbocycles. The van der Waals surface area contributed by atoms with Crippen LogP contribution in [0.1, 0.15) is 25.7 Å². The molecule has 2 rings (SSSR count). The normalized spacial score (nSPS) is 21.0. The molecule has 1 aliphatic rings. The summed E-state index contributed by atoms with van der Waals surface area (Å²) in [5, 5.41) is 13.9. The van der Waals surface area contributed by atoms with Gasteiger partial charge in [-0.1, -0.05) is 12.8 Å². The van der Waals surface area contributed by atoms with Crippen LogP contribution < -0.4 is 19.9 Å². The summed E-state index contributed by atoms with van der Waals surface area (Å²) in [6.45, 7) is 0. The van der Waals surface area contributed by atoms with Gasteiger partial charge in [-0.25, -0.2) is 0 Å². The van der Waals surface area contributed by atoms with Gasteiger partial charge in [-0.3, -0.25) is 4.79 Å². The number of carboxylic acid groups (broad SMARTS) is 1. The number of benzene rings is 1. The van der Waals surface area contributed by atoms with Crippen LogP contribution in [0.15, 0.2) is 18.2 Å². The van der Waals surface area contributed by atoms with E-state index in [-0.39, 0.29) is 5.91 Å². The summed E-state index contributed by atoms with van der Waals surface area (Å²) in [4.78, 5) is 23.5. The molecule has 1 N–H and O–H groups in total. The van der Waals surface area contributed by atoms with Gasteiger partial charge in [0.15, 0.2) is 11.5 Å². The molecule has 1 aliphatic carbocycles. The second-order valence-electron chi connectivity index (χ2n) is 5.38. The molecule has 120 valence electrons. The lowest BCUT2D eigenvalue weighted by atomic mass is 9.78. The van der Waals surface area contributed by atoms with E-state index in [1.807, 2.05) is 0 Å². The van der Waals surface area contributed by atoms with E-state index < -0.39 is 17.8 Å². The molecule has 0 aliphatic heterocycles. The number of nitrogens with one attached hydrogen (secondary N) is 1. The Balaban J connectivity index is 2.12. The van der Waals surface area contributed by atoms with E-state index in [1.165, 1.54) is 14.2 Å². The predicted octanol–water partition coefficient (Wildman–Crippen LogP) is 1.20. The predicted molar refractivity (Wildman–Crippen MR) is 78.6 cm³/mol. The van der Waals surface area contributed by atoms with Crippen LogP contribution in [0.2, 0.25) is 0 Å². The van der Waals surface area contributed by atoms with Gasteiger partial charge in [0.25, 0.3) is 0 Å². The second kappa shape index (κ2) is 7.15. The lowest BCUT2D eigenvalue weighted by Gasteiger charge is -2.31. The third-order valence-corrected chi connectivity index (χ3v) is 4.06. The smallest absolute Gasteiger partial charge is 0.228 e. The number of methoxy groups -OCH3 is 2. The molecule has 1 aromatic rings. The Bertz CT molecular complexity index is 557. The first-order valence-corrected chi connectivity index (χ1v) is 7.30. The number of carboxylic acids is 1. The molecule has 0 bridgehead atoms. The molecule has 6 nitrogen and oxygen atoms in total. The second-order valence-corrected chi connectivity index (χ2v) is 5.38. The number of hydrogen-bond donors (Lipinski definition) is 1. The average molecular weight is 306 g/mol. The van der Waals surface area contributed by atoms with Crippen molar-refractivity contribution >= 4 is 17.6 Å². The van der Waals surface area contributed by atoms with Gasteiger partial charge in [0.1, 0.15) is 0 Å². The number of aliphatic carboxylic acids is 1. The van der Waals surface area contributed by atoms with E-state index in [0.717, 1.165) is 12.8 Å². The van der Waals surface area contributed by atoms with E-state index in [9.17, 15) is 14.7 Å². The largest absolute Gasteiger partial charge is 0.550 e. The number of ether oxygens (including phenoxy) is 2. The summed E-state index contributed by atoms with van der Waals surface area (Å²) in [6, 6.07) is 5.02. The number of carbonyl (C=O) groups is 2. The molecule has 0 aromatic heterocycles. The molecule has 1 saturated carbocycles. The third kappa shape index (κ3) is 3.50. The molecule has 1 amide bonds. The number of carbonyl (C=O) groups excluding carboxylic acids is 2. The molecule has 2 atom stereocenters. The maximum atomic E-state index is 12.4. The molecule has 0 saturated heterocycles. The monoisotopic (exact) mass is 306 g/mol. The number of amides is 1. The summed E-state index contributed by atoms with van der Waals surface area (Å²) in [7, 11) is 3.04. The van der Waals surface area contributed by atoms with Gasteiger partial charge >= 0.3 is 0 Å². The van der Waals surface area contributed by atoms with Gasteiger partial charge in [0.2, 0.25) is 5.91 Å². The minimum Gasteiger partial charge on any atom is -0.550 e. The Hall–Kier alpha value is -2.24. The first kappa shape index (κ1) is 16.1. The highest BCUT2D eigenvalue weighted by Crippen LogP contribution is 2.33. The standard InChI is InChI=1S/C16H21NO5/c1-21-13-8-7-10(9-14(13)22-2)17-15(18)11-5-3-4-6-12(11)16(19)20/h7-9,11-12H,3-6H2,1-2H3,(H,17,18)(H,19,20)/p-1/t11-,12+/m1/s1. The fraction of sp³-hybridized carbons (Fsp3) is 0.500. The molecule has 0 spiro atoms. The summed E-state index contributed by atoms with van der Waals surface area (Å²) in [5.41, 5.74) is 0.547. The van der Waals surface area contributed by atoms with Crippen LogP contribution in [-0.2, 0) is 9.59 Å². The molecule has 0 heterocycles. The van der Waals surface area contributed by atoms with Crippen molar-refractivity contribution in [3.63, 3.8) is 0 Å². The Labute approximate surface area is 129 Å². The molecule has 0 radical (unpaired) electrons. The average Bonchev–Trinajstić information content (AvgIpc) is 2.54. The molecule has 0 unspecified atom stereocenters. The first-order chi connectivity index (χ1) is 10.6. The number of rotatable bonds is 5. The fourth-order valence-electron chi connectivity index (χ4n) is 2.88. The molecule has 22 heavy (non-hydrogen) atoms. The summed E-state index contributed by atoms with van der Waals surface area (Å²) < 4.78 is 10.3. The van der Waals surface area contributed by atoms with Crippen molar-refractivity contribution < 1.29 is 24.2 Å². The SMILES string of the molecule is COc1ccc(NC(=O)[C@@H]2CCCC[C@@H]2C(=O)[O-])cc1OC. The summed E-state index contributed by atoms with van der Waals surface area (Å²) in [6.07, 6.45) is 2.73. The molecular formula is C16H20NO5-. The highest BCUT2D eigenvalue weighted by atomic mass is 16.5. The Morgan fingerprint density at radius 3 is 2.32 bits per heavy atom. The molecule has 6 heteroatoms. The first-order valence-electron chi connectivity index (χ1n) is 7.30. The van der Waals surface area contributed by atoms with Crippen molar-refractivity contribution in [1.29, 1.82) is 0 Å². The number of hydrogen-bond acceptors (Lipinski definition) is 5. The summed E-state index contributed by atoms with van der Waals surface area (Å²) in [5.74, 6) is -1.64. The minimum absolute atomic E-state index is 0.291. The minimum atomic E-state index is -1.15. The molecule has 1 fully saturated rings. The van der Waals surface area contributed by atoms with Crippen molar-refractivity contribution in [2.24, 2.45) is 11.8 Å². The van der Waals surface area contributed by atoms with E-state index in [2.05, 4.69) is 5.32 Å². The maximum absolute atomic E-state index is 12.4. The van der Waals surface area contributed by atoms with Crippen LogP contribution in [0.3, 0.4) is 0 Å².